The van der Waals surface area contributed by atoms with Crippen LogP contribution in [-0.2, 0) is 0 Å². The summed E-state index contributed by atoms with van der Waals surface area (Å²) in [6, 6.07) is 61.6. The summed E-state index contributed by atoms with van der Waals surface area (Å²) in [6.45, 7) is 8.63. The van der Waals surface area contributed by atoms with E-state index < -0.39 is 0 Å². The third kappa shape index (κ3) is 7.82. The van der Waals surface area contributed by atoms with E-state index in [1.54, 1.807) is 0 Å². The topological polar surface area (TPSA) is 13.1 Å². The maximum absolute atomic E-state index is 5.78. The molecule has 48 heavy (non-hydrogen) atoms. The van der Waals surface area contributed by atoms with Crippen LogP contribution in [0.1, 0.15) is 36.5 Å². The molecule has 0 aliphatic rings. The number of para-hydroxylation sites is 2. The lowest BCUT2D eigenvalue weighted by Gasteiger charge is -2.06. The van der Waals surface area contributed by atoms with Crippen molar-refractivity contribution in [1.82, 2.24) is 0 Å². The van der Waals surface area contributed by atoms with Gasteiger partial charge in [0.2, 0.25) is 0 Å². The van der Waals surface area contributed by atoms with Crippen molar-refractivity contribution in [2.45, 2.75) is 33.6 Å². The number of furan rings is 1. The first-order valence-corrected chi connectivity index (χ1v) is 16.7. The zero-order valence-electron chi connectivity index (χ0n) is 28.2. The Morgan fingerprint density at radius 2 is 0.792 bits per heavy atom. The largest absolute Gasteiger partial charge is 0.456 e. The molecule has 1 nitrogen and oxygen atoms in total. The smallest absolute Gasteiger partial charge is 0.138 e. The average Bonchev–Trinajstić information content (AvgIpc) is 3.54. The molecule has 8 aromatic rings. The van der Waals surface area contributed by atoms with Gasteiger partial charge in [-0.25, -0.2) is 0 Å². The molecule has 0 radical (unpaired) electrons. The van der Waals surface area contributed by atoms with Crippen LogP contribution in [0, 0.1) is 13.8 Å². The Bertz CT molecular complexity index is 2170. The fourth-order valence-corrected chi connectivity index (χ4v) is 5.81. The third-order valence-electron chi connectivity index (χ3n) is 8.66. The van der Waals surface area contributed by atoms with E-state index in [4.69, 9.17) is 4.42 Å². The summed E-state index contributed by atoms with van der Waals surface area (Å²) in [6.07, 6.45) is 0. The van der Waals surface area contributed by atoms with Crippen molar-refractivity contribution in [2.24, 2.45) is 0 Å². The molecule has 8 rings (SSSR count). The van der Waals surface area contributed by atoms with Gasteiger partial charge in [-0.05, 0) is 70.3 Å². The predicted octanol–water partition coefficient (Wildman–Crippen LogP) is 13.7. The Hall–Kier alpha value is -5.66. The van der Waals surface area contributed by atoms with Crippen LogP contribution in [0.2, 0.25) is 0 Å². The Kier molecular flexibility index (Phi) is 10.3. The van der Waals surface area contributed by atoms with E-state index in [1.807, 2.05) is 30.3 Å². The first-order chi connectivity index (χ1) is 23.5. The summed E-state index contributed by atoms with van der Waals surface area (Å²) in [5.41, 5.74) is 13.5. The van der Waals surface area contributed by atoms with Crippen molar-refractivity contribution in [3.05, 3.63) is 193 Å². The van der Waals surface area contributed by atoms with Crippen molar-refractivity contribution in [3.8, 4) is 33.4 Å². The Balaban J connectivity index is 0.000000127. The van der Waals surface area contributed by atoms with Crippen molar-refractivity contribution >= 4 is 21.9 Å². The summed E-state index contributed by atoms with van der Waals surface area (Å²) in [5.74, 6) is 0.606. The van der Waals surface area contributed by atoms with Crippen LogP contribution in [0.5, 0.6) is 0 Å². The van der Waals surface area contributed by atoms with Crippen molar-refractivity contribution in [3.63, 3.8) is 0 Å². The highest BCUT2D eigenvalue weighted by Crippen LogP contribution is 2.30. The molecule has 0 amide bonds. The summed E-state index contributed by atoms with van der Waals surface area (Å²) < 4.78 is 5.78. The molecule has 1 heteroatoms. The maximum Gasteiger partial charge on any atom is 0.138 e. The molecular weight excluding hydrogens is 581 g/mol. The van der Waals surface area contributed by atoms with Gasteiger partial charge in [-0.3, -0.25) is 0 Å². The van der Waals surface area contributed by atoms with Crippen LogP contribution in [0.4, 0.5) is 0 Å². The molecule has 0 aliphatic carbocycles. The van der Waals surface area contributed by atoms with E-state index in [9.17, 15) is 0 Å². The lowest BCUT2D eigenvalue weighted by molar-refractivity contribution is 0.666. The van der Waals surface area contributed by atoms with Crippen LogP contribution >= 0.6 is 0 Å². The number of hydrogen-bond acceptors (Lipinski definition) is 1. The molecule has 0 saturated heterocycles. The fourth-order valence-electron chi connectivity index (χ4n) is 5.81. The van der Waals surface area contributed by atoms with E-state index in [1.165, 1.54) is 60.8 Å². The first-order valence-electron chi connectivity index (χ1n) is 16.7. The van der Waals surface area contributed by atoms with Gasteiger partial charge in [0.1, 0.15) is 11.2 Å². The van der Waals surface area contributed by atoms with Gasteiger partial charge in [-0.2, -0.15) is 0 Å². The predicted molar refractivity (Wildman–Crippen MR) is 206 cm³/mol. The van der Waals surface area contributed by atoms with E-state index in [2.05, 4.69) is 173 Å². The van der Waals surface area contributed by atoms with Crippen molar-refractivity contribution < 1.29 is 4.42 Å². The van der Waals surface area contributed by atoms with Gasteiger partial charge in [0.15, 0.2) is 0 Å². The number of hydrogen-bond donors (Lipinski definition) is 0. The highest BCUT2D eigenvalue weighted by Gasteiger charge is 2.06. The number of fused-ring (bicyclic) bond motifs is 3. The van der Waals surface area contributed by atoms with Gasteiger partial charge >= 0.3 is 0 Å². The first kappa shape index (κ1) is 32.3. The van der Waals surface area contributed by atoms with E-state index >= 15 is 0 Å². The Morgan fingerprint density at radius 1 is 0.375 bits per heavy atom. The molecule has 0 unspecified atom stereocenters. The Labute approximate surface area is 285 Å². The molecule has 0 saturated carbocycles. The maximum atomic E-state index is 5.78. The number of aryl methyl sites for hydroxylation is 2. The summed E-state index contributed by atoms with van der Waals surface area (Å²) in [4.78, 5) is 0. The highest BCUT2D eigenvalue weighted by atomic mass is 16.3. The van der Waals surface area contributed by atoms with Crippen LogP contribution in [0.3, 0.4) is 0 Å². The molecule has 1 aromatic heterocycles. The second kappa shape index (κ2) is 15.3. The lowest BCUT2D eigenvalue weighted by Crippen LogP contribution is -1.86. The van der Waals surface area contributed by atoms with Crippen LogP contribution in [0.15, 0.2) is 180 Å². The van der Waals surface area contributed by atoms with Crippen LogP contribution < -0.4 is 0 Å². The van der Waals surface area contributed by atoms with Crippen molar-refractivity contribution in [1.29, 1.82) is 0 Å². The average molecular weight is 623 g/mol. The standard InChI is InChI=1S/C19H16.C15H16.C13H10O/c1-15-7-9-17(10-8-15)19-13-11-18(12-14-19)16-5-3-2-4-6-16;1-12(2)13-8-10-15(11-9-13)14-6-4-3-5-7-14;1-9-5-4-7-11-10-6-2-3-8-12(10)14-13(9)11/h2-14H,1H3;3-12H,1-2H3;2-8H,1H3. The third-order valence-corrected chi connectivity index (χ3v) is 8.66. The summed E-state index contributed by atoms with van der Waals surface area (Å²) in [5, 5.41) is 2.41. The molecule has 7 aromatic carbocycles. The second-order valence-electron chi connectivity index (χ2n) is 12.5. The molecule has 0 bridgehead atoms. The van der Waals surface area contributed by atoms with Gasteiger partial charge in [-0.1, -0.05) is 189 Å². The summed E-state index contributed by atoms with van der Waals surface area (Å²) in [7, 11) is 0. The zero-order chi connectivity index (χ0) is 33.3. The molecule has 0 fully saturated rings. The monoisotopic (exact) mass is 622 g/mol. The highest BCUT2D eigenvalue weighted by molar-refractivity contribution is 6.05. The van der Waals surface area contributed by atoms with E-state index in [0.717, 1.165) is 11.2 Å². The van der Waals surface area contributed by atoms with Gasteiger partial charge < -0.3 is 4.42 Å². The van der Waals surface area contributed by atoms with Gasteiger partial charge in [0.25, 0.3) is 0 Å². The minimum Gasteiger partial charge on any atom is -0.456 e. The summed E-state index contributed by atoms with van der Waals surface area (Å²) >= 11 is 0. The van der Waals surface area contributed by atoms with E-state index in [0.29, 0.717) is 5.92 Å². The molecule has 0 N–H and O–H groups in total. The molecule has 1 heterocycles. The minimum absolute atomic E-state index is 0.606. The van der Waals surface area contributed by atoms with Crippen LogP contribution in [0.25, 0.3) is 55.3 Å². The van der Waals surface area contributed by atoms with E-state index in [-0.39, 0.29) is 0 Å². The molecular formula is C47H42O. The quantitative estimate of drug-likeness (QED) is 0.190. The molecule has 236 valence electrons. The minimum atomic E-state index is 0.606. The van der Waals surface area contributed by atoms with Gasteiger partial charge in [0, 0.05) is 10.8 Å². The lowest BCUT2D eigenvalue weighted by atomic mass is 9.99. The Morgan fingerprint density at radius 3 is 1.31 bits per heavy atom. The second-order valence-corrected chi connectivity index (χ2v) is 12.5. The molecule has 0 aliphatic heterocycles. The van der Waals surface area contributed by atoms with Crippen molar-refractivity contribution in [2.75, 3.05) is 0 Å². The SMILES string of the molecule is CC(C)c1ccc(-c2ccccc2)cc1.Cc1ccc(-c2ccc(-c3ccccc3)cc2)cc1.Cc1cccc2c1oc1ccccc12. The number of rotatable bonds is 4. The molecule has 0 atom stereocenters. The van der Waals surface area contributed by atoms with Gasteiger partial charge in [0.05, 0.1) is 0 Å². The fraction of sp³-hybridized carbons (Fsp3) is 0.106. The number of benzene rings is 7. The molecule has 0 spiro atoms. The van der Waals surface area contributed by atoms with Gasteiger partial charge in [-0.15, -0.1) is 0 Å². The van der Waals surface area contributed by atoms with Crippen LogP contribution in [-0.4, -0.2) is 0 Å². The normalized spacial score (nSPS) is 10.7. The zero-order valence-corrected chi connectivity index (χ0v) is 28.2.